The van der Waals surface area contributed by atoms with Crippen molar-refractivity contribution >= 4 is 5.70 Å². The lowest BCUT2D eigenvalue weighted by molar-refractivity contribution is 0.0595. The third-order valence-electron chi connectivity index (χ3n) is 4.79. The molecule has 0 aromatic heterocycles. The van der Waals surface area contributed by atoms with Crippen molar-refractivity contribution in [2.24, 2.45) is 0 Å². The van der Waals surface area contributed by atoms with Crippen LogP contribution in [0.15, 0.2) is 67.4 Å². The number of aliphatic hydroxyl groups excluding tert-OH is 1. The molecule has 148 valence electrons. The highest BCUT2D eigenvalue weighted by Crippen LogP contribution is 2.34. The zero-order chi connectivity index (χ0) is 20.3. The number of hydrogen-bond donors (Lipinski definition) is 1. The molecule has 0 saturated carbocycles. The van der Waals surface area contributed by atoms with Gasteiger partial charge in [-0.3, -0.25) is 0 Å². The van der Waals surface area contributed by atoms with Gasteiger partial charge in [0.2, 0.25) is 0 Å². The summed E-state index contributed by atoms with van der Waals surface area (Å²) in [7, 11) is 0. The average Bonchev–Trinajstić information content (AvgIpc) is 2.62. The third kappa shape index (κ3) is 4.69. The summed E-state index contributed by atoms with van der Waals surface area (Å²) >= 11 is 0. The van der Waals surface area contributed by atoms with Gasteiger partial charge in [0.15, 0.2) is 0 Å². The Morgan fingerprint density at radius 2 is 1.82 bits per heavy atom. The molecule has 2 aromatic rings. The molecule has 1 fully saturated rings. The summed E-state index contributed by atoms with van der Waals surface area (Å²) in [6.45, 7) is 16.0. The van der Waals surface area contributed by atoms with Crippen LogP contribution in [0.5, 0.6) is 11.5 Å². The van der Waals surface area contributed by atoms with Crippen molar-refractivity contribution in [1.82, 2.24) is 4.90 Å². The highest BCUT2D eigenvalue weighted by Gasteiger charge is 2.31. The Morgan fingerprint density at radius 3 is 2.50 bits per heavy atom. The van der Waals surface area contributed by atoms with E-state index in [1.807, 2.05) is 36.4 Å². The smallest absolute Gasteiger partial charge is 0.144 e. The van der Waals surface area contributed by atoms with Crippen molar-refractivity contribution < 1.29 is 14.6 Å². The highest BCUT2D eigenvalue weighted by atomic mass is 16.5. The van der Waals surface area contributed by atoms with E-state index in [4.69, 9.17) is 9.47 Å². The van der Waals surface area contributed by atoms with Gasteiger partial charge in [0.25, 0.3) is 0 Å². The molecule has 0 radical (unpaired) electrons. The second kappa shape index (κ2) is 8.01. The lowest BCUT2D eigenvalue weighted by Gasteiger charge is -2.42. The molecule has 0 atom stereocenters. The van der Waals surface area contributed by atoms with Gasteiger partial charge >= 0.3 is 0 Å². The van der Waals surface area contributed by atoms with E-state index >= 15 is 0 Å². The van der Waals surface area contributed by atoms with Gasteiger partial charge in [-0.2, -0.15) is 0 Å². The fourth-order valence-corrected chi connectivity index (χ4v) is 3.22. The molecule has 1 heterocycles. The summed E-state index contributed by atoms with van der Waals surface area (Å²) in [5, 5.41) is 9.19. The quantitative estimate of drug-likeness (QED) is 0.674. The van der Waals surface area contributed by atoms with Crippen molar-refractivity contribution in [3.63, 3.8) is 0 Å². The molecule has 2 aromatic carbocycles. The van der Waals surface area contributed by atoms with Crippen molar-refractivity contribution in [3.8, 4) is 11.5 Å². The molecule has 0 amide bonds. The molecule has 0 unspecified atom stereocenters. The molecule has 1 N–H and O–H groups in total. The summed E-state index contributed by atoms with van der Waals surface area (Å²) in [4.78, 5) is 2.20. The summed E-state index contributed by atoms with van der Waals surface area (Å²) < 4.78 is 11.8. The van der Waals surface area contributed by atoms with Gasteiger partial charge in [-0.1, -0.05) is 64.3 Å². The van der Waals surface area contributed by atoms with E-state index in [0.717, 1.165) is 30.1 Å². The standard InChI is InChI=1S/C24H29NO3/c1-17(26)16-27-20-10-8-9-19(13-20)18(2)25-14-21(15-25)28-23-12-7-6-11-22(23)24(3,4)5/h6-13,21,26H,1-2,14-16H2,3-5H3. The van der Waals surface area contributed by atoms with Crippen LogP contribution in [-0.4, -0.2) is 35.8 Å². The Morgan fingerprint density at radius 1 is 1.11 bits per heavy atom. The van der Waals surface area contributed by atoms with Crippen molar-refractivity contribution in [2.75, 3.05) is 19.7 Å². The molecular formula is C24H29NO3. The maximum atomic E-state index is 9.19. The molecule has 4 heteroatoms. The first-order valence-electron chi connectivity index (χ1n) is 9.54. The minimum Gasteiger partial charge on any atom is -0.509 e. The minimum atomic E-state index is 0.00232. The van der Waals surface area contributed by atoms with Gasteiger partial charge in [-0.05, 0) is 29.2 Å². The van der Waals surface area contributed by atoms with Crippen molar-refractivity contribution in [2.45, 2.75) is 32.3 Å². The topological polar surface area (TPSA) is 41.9 Å². The number of benzene rings is 2. The zero-order valence-electron chi connectivity index (χ0n) is 16.9. The highest BCUT2D eigenvalue weighted by molar-refractivity contribution is 5.64. The van der Waals surface area contributed by atoms with E-state index in [1.54, 1.807) is 0 Å². The van der Waals surface area contributed by atoms with Crippen molar-refractivity contribution in [1.29, 1.82) is 0 Å². The van der Waals surface area contributed by atoms with E-state index in [1.165, 1.54) is 5.56 Å². The van der Waals surface area contributed by atoms with Crippen molar-refractivity contribution in [3.05, 3.63) is 78.6 Å². The van der Waals surface area contributed by atoms with Gasteiger partial charge in [0.1, 0.15) is 30.0 Å². The normalized spacial score (nSPS) is 14.3. The van der Waals surface area contributed by atoms with Gasteiger partial charge in [0.05, 0.1) is 13.1 Å². The minimum absolute atomic E-state index is 0.00232. The van der Waals surface area contributed by atoms with E-state index in [0.29, 0.717) is 5.75 Å². The number of aliphatic hydroxyl groups is 1. The second-order valence-corrected chi connectivity index (χ2v) is 8.22. The van der Waals surface area contributed by atoms with Crippen LogP contribution in [-0.2, 0) is 5.41 Å². The number of likely N-dealkylation sites (tertiary alicyclic amines) is 1. The Kier molecular flexibility index (Phi) is 5.68. The summed E-state index contributed by atoms with van der Waals surface area (Å²) in [6.07, 6.45) is 0.150. The lowest BCUT2D eigenvalue weighted by atomic mass is 9.86. The lowest BCUT2D eigenvalue weighted by Crippen LogP contribution is -2.52. The first kappa shape index (κ1) is 19.9. The number of ether oxygens (including phenoxy) is 2. The predicted octanol–water partition coefficient (Wildman–Crippen LogP) is 5.17. The van der Waals surface area contributed by atoms with Crippen LogP contribution in [0.3, 0.4) is 0 Å². The number of para-hydroxylation sites is 1. The molecule has 1 aliphatic heterocycles. The number of hydrogen-bond acceptors (Lipinski definition) is 4. The van der Waals surface area contributed by atoms with Crippen LogP contribution in [0, 0.1) is 0 Å². The van der Waals surface area contributed by atoms with Gasteiger partial charge in [-0.25, -0.2) is 0 Å². The maximum absolute atomic E-state index is 9.19. The summed E-state index contributed by atoms with van der Waals surface area (Å²) in [5.74, 6) is 1.65. The first-order chi connectivity index (χ1) is 13.2. The van der Waals surface area contributed by atoms with Crippen LogP contribution in [0.2, 0.25) is 0 Å². The molecule has 0 spiro atoms. The Labute approximate surface area is 167 Å². The van der Waals surface area contributed by atoms with Crippen LogP contribution in [0.4, 0.5) is 0 Å². The fourth-order valence-electron chi connectivity index (χ4n) is 3.22. The molecular weight excluding hydrogens is 350 g/mol. The number of rotatable bonds is 7. The number of nitrogens with zero attached hydrogens (tertiary/aromatic N) is 1. The average molecular weight is 380 g/mol. The van der Waals surface area contributed by atoms with Gasteiger partial charge in [0, 0.05) is 11.3 Å². The molecule has 28 heavy (non-hydrogen) atoms. The predicted molar refractivity (Wildman–Crippen MR) is 114 cm³/mol. The molecule has 1 saturated heterocycles. The Hall–Kier alpha value is -2.88. The molecule has 4 nitrogen and oxygen atoms in total. The summed E-state index contributed by atoms with van der Waals surface area (Å²) in [5.41, 5.74) is 3.21. The largest absolute Gasteiger partial charge is 0.509 e. The Balaban J connectivity index is 1.59. The van der Waals surface area contributed by atoms with E-state index in [2.05, 4.69) is 51.0 Å². The van der Waals surface area contributed by atoms with E-state index < -0.39 is 0 Å². The monoisotopic (exact) mass is 379 g/mol. The molecule has 0 aliphatic carbocycles. The molecule has 0 bridgehead atoms. The summed E-state index contributed by atoms with van der Waals surface area (Å²) in [6, 6.07) is 16.0. The van der Waals surface area contributed by atoms with E-state index in [-0.39, 0.29) is 23.9 Å². The van der Waals surface area contributed by atoms with Crippen LogP contribution in [0.25, 0.3) is 5.70 Å². The SMILES string of the molecule is C=C(O)COc1cccc(C(=C)N2CC(Oc3ccccc3C(C)(C)C)C2)c1. The maximum Gasteiger partial charge on any atom is 0.144 e. The van der Waals surface area contributed by atoms with Crippen LogP contribution in [0.1, 0.15) is 31.9 Å². The van der Waals surface area contributed by atoms with Gasteiger partial charge in [-0.15, -0.1) is 0 Å². The Bertz CT molecular complexity index is 860. The first-order valence-corrected chi connectivity index (χ1v) is 9.54. The third-order valence-corrected chi connectivity index (χ3v) is 4.79. The fraction of sp³-hybridized carbons (Fsp3) is 0.333. The molecule has 1 aliphatic rings. The zero-order valence-corrected chi connectivity index (χ0v) is 16.9. The molecule has 3 rings (SSSR count). The van der Waals surface area contributed by atoms with E-state index in [9.17, 15) is 5.11 Å². The van der Waals surface area contributed by atoms with Crippen LogP contribution >= 0.6 is 0 Å². The van der Waals surface area contributed by atoms with Crippen LogP contribution < -0.4 is 9.47 Å². The van der Waals surface area contributed by atoms with Gasteiger partial charge < -0.3 is 19.5 Å². The second-order valence-electron chi connectivity index (χ2n) is 8.22.